The molecule has 0 heterocycles. The zero-order chi connectivity index (χ0) is 14.2. The highest BCUT2D eigenvalue weighted by molar-refractivity contribution is 5.90. The normalized spacial score (nSPS) is 53.1. The number of carbonyl (C=O) groups is 1. The van der Waals surface area contributed by atoms with Crippen LogP contribution in [0, 0.1) is 35.5 Å². The smallest absolute Gasteiger partial charge is 0.334 e. The van der Waals surface area contributed by atoms with Crippen molar-refractivity contribution < 1.29 is 9.53 Å². The third-order valence-corrected chi connectivity index (χ3v) is 7.64. The van der Waals surface area contributed by atoms with Crippen molar-refractivity contribution in [2.45, 2.75) is 63.9 Å². The second kappa shape index (κ2) is 4.14. The summed E-state index contributed by atoms with van der Waals surface area (Å²) < 4.78 is 6.24. The van der Waals surface area contributed by atoms with Crippen LogP contribution in [-0.4, -0.2) is 11.6 Å². The van der Waals surface area contributed by atoms with Crippen molar-refractivity contribution in [2.75, 3.05) is 0 Å². The highest BCUT2D eigenvalue weighted by Crippen LogP contribution is 2.59. The van der Waals surface area contributed by atoms with Crippen LogP contribution in [0.25, 0.3) is 0 Å². The zero-order valence-electron chi connectivity index (χ0n) is 13.0. The van der Waals surface area contributed by atoms with Crippen LogP contribution in [0.5, 0.6) is 0 Å². The lowest BCUT2D eigenvalue weighted by Crippen LogP contribution is -2.58. The molecule has 114 valence electrons. The van der Waals surface area contributed by atoms with Gasteiger partial charge in [-0.15, -0.1) is 0 Å². The summed E-state index contributed by atoms with van der Waals surface area (Å²) in [6, 6.07) is 0. The lowest BCUT2D eigenvalue weighted by atomic mass is 9.50. The molecule has 2 nitrogen and oxygen atoms in total. The standard InChI is InChI=1S/C19H26O2/c1-19(15-6-12-4-13(8-15)9-16(19)7-12)21-18(20)17-10-11-2-3-14(17)5-11/h10-16H,2-9H2,1H3. The third kappa shape index (κ3) is 1.74. The van der Waals surface area contributed by atoms with Crippen LogP contribution in [0.2, 0.25) is 0 Å². The Morgan fingerprint density at radius 1 is 1.05 bits per heavy atom. The Morgan fingerprint density at radius 2 is 1.71 bits per heavy atom. The molecule has 2 heteroatoms. The molecule has 2 atom stereocenters. The number of esters is 1. The highest BCUT2D eigenvalue weighted by atomic mass is 16.6. The van der Waals surface area contributed by atoms with Gasteiger partial charge in [0.05, 0.1) is 0 Å². The first kappa shape index (κ1) is 12.7. The maximum atomic E-state index is 12.7. The van der Waals surface area contributed by atoms with Crippen LogP contribution in [0.1, 0.15) is 58.3 Å². The lowest BCUT2D eigenvalue weighted by molar-refractivity contribution is -0.200. The first-order valence-corrected chi connectivity index (χ1v) is 9.07. The maximum Gasteiger partial charge on any atom is 0.334 e. The molecule has 0 aromatic rings. The number of carbonyl (C=O) groups excluding carboxylic acids is 1. The van der Waals surface area contributed by atoms with Crippen molar-refractivity contribution >= 4 is 5.97 Å². The average Bonchev–Trinajstić information content (AvgIpc) is 3.07. The molecule has 0 amide bonds. The van der Waals surface area contributed by atoms with Gasteiger partial charge in [0.25, 0.3) is 0 Å². The minimum Gasteiger partial charge on any atom is -0.455 e. The van der Waals surface area contributed by atoms with E-state index in [-0.39, 0.29) is 11.6 Å². The molecule has 6 aliphatic rings. The molecule has 6 aliphatic carbocycles. The van der Waals surface area contributed by atoms with Crippen LogP contribution in [0.3, 0.4) is 0 Å². The monoisotopic (exact) mass is 286 g/mol. The largest absolute Gasteiger partial charge is 0.455 e. The molecule has 6 bridgehead atoms. The van der Waals surface area contributed by atoms with E-state index in [1.54, 1.807) is 0 Å². The van der Waals surface area contributed by atoms with E-state index in [9.17, 15) is 4.79 Å². The number of rotatable bonds is 2. The summed E-state index contributed by atoms with van der Waals surface area (Å²) >= 11 is 0. The van der Waals surface area contributed by atoms with Gasteiger partial charge in [0, 0.05) is 5.57 Å². The number of hydrogen-bond acceptors (Lipinski definition) is 2. The van der Waals surface area contributed by atoms with Gasteiger partial charge in [-0.1, -0.05) is 6.08 Å². The van der Waals surface area contributed by atoms with Crippen molar-refractivity contribution in [2.24, 2.45) is 35.5 Å². The van der Waals surface area contributed by atoms with Crippen LogP contribution >= 0.6 is 0 Å². The van der Waals surface area contributed by atoms with Gasteiger partial charge in [0.1, 0.15) is 5.60 Å². The van der Waals surface area contributed by atoms with E-state index >= 15 is 0 Å². The second-order valence-corrected chi connectivity index (χ2v) is 8.77. The predicted octanol–water partition coefficient (Wildman–Crippen LogP) is 4.10. The summed E-state index contributed by atoms with van der Waals surface area (Å²) in [4.78, 5) is 12.7. The van der Waals surface area contributed by atoms with Gasteiger partial charge < -0.3 is 4.74 Å². The van der Waals surface area contributed by atoms with Gasteiger partial charge in [0.2, 0.25) is 0 Å². The molecule has 21 heavy (non-hydrogen) atoms. The van der Waals surface area contributed by atoms with E-state index in [1.165, 1.54) is 51.4 Å². The summed E-state index contributed by atoms with van der Waals surface area (Å²) in [6.07, 6.45) is 12.6. The highest BCUT2D eigenvalue weighted by Gasteiger charge is 2.57. The van der Waals surface area contributed by atoms with Gasteiger partial charge in [-0.25, -0.2) is 4.79 Å². The first-order valence-electron chi connectivity index (χ1n) is 9.07. The number of allylic oxidation sites excluding steroid dienone is 1. The topological polar surface area (TPSA) is 26.3 Å². The summed E-state index contributed by atoms with van der Waals surface area (Å²) in [5, 5.41) is 0. The Balaban J connectivity index is 1.38. The molecule has 0 radical (unpaired) electrons. The van der Waals surface area contributed by atoms with Crippen molar-refractivity contribution in [1.29, 1.82) is 0 Å². The molecule has 0 aromatic carbocycles. The van der Waals surface area contributed by atoms with Gasteiger partial charge in [-0.3, -0.25) is 0 Å². The van der Waals surface area contributed by atoms with Crippen molar-refractivity contribution in [3.8, 4) is 0 Å². The Bertz CT molecular complexity index is 490. The van der Waals surface area contributed by atoms with Crippen molar-refractivity contribution in [1.82, 2.24) is 0 Å². The molecular weight excluding hydrogens is 260 g/mol. The second-order valence-electron chi connectivity index (χ2n) is 8.77. The fourth-order valence-electron chi connectivity index (χ4n) is 6.62. The molecule has 6 rings (SSSR count). The number of hydrogen-bond donors (Lipinski definition) is 0. The summed E-state index contributed by atoms with van der Waals surface area (Å²) in [5.41, 5.74) is 0.869. The summed E-state index contributed by atoms with van der Waals surface area (Å²) in [7, 11) is 0. The molecule has 5 saturated carbocycles. The maximum absolute atomic E-state index is 12.7. The van der Waals surface area contributed by atoms with Gasteiger partial charge in [-0.2, -0.15) is 0 Å². The van der Waals surface area contributed by atoms with Crippen LogP contribution in [0.15, 0.2) is 11.6 Å². The van der Waals surface area contributed by atoms with E-state index in [0.717, 1.165) is 17.4 Å². The Labute approximate surface area is 127 Å². The molecule has 5 fully saturated rings. The SMILES string of the molecule is CC1(OC(=O)C2=CC3CCC2C3)C2CC3CC(C2)CC1C3. The minimum absolute atomic E-state index is 0.0390. The molecule has 0 N–H and O–H groups in total. The van der Waals surface area contributed by atoms with Gasteiger partial charge in [-0.05, 0) is 93.8 Å². The average molecular weight is 286 g/mol. The van der Waals surface area contributed by atoms with E-state index in [2.05, 4.69) is 13.0 Å². The van der Waals surface area contributed by atoms with Crippen LogP contribution in [-0.2, 0) is 9.53 Å². The van der Waals surface area contributed by atoms with Gasteiger partial charge in [0.15, 0.2) is 0 Å². The number of fused-ring (bicyclic) bond motifs is 2. The van der Waals surface area contributed by atoms with Crippen molar-refractivity contribution in [3.63, 3.8) is 0 Å². The third-order valence-electron chi connectivity index (χ3n) is 7.64. The Kier molecular flexibility index (Phi) is 2.51. The molecule has 0 aromatic heterocycles. The Hall–Kier alpha value is -0.790. The minimum atomic E-state index is -0.160. The van der Waals surface area contributed by atoms with E-state index < -0.39 is 0 Å². The van der Waals surface area contributed by atoms with E-state index in [0.29, 0.717) is 23.7 Å². The lowest BCUT2D eigenvalue weighted by Gasteiger charge is -2.59. The molecular formula is C19H26O2. The predicted molar refractivity (Wildman–Crippen MR) is 80.5 cm³/mol. The first-order chi connectivity index (χ1) is 10.1. The van der Waals surface area contributed by atoms with Crippen LogP contribution in [0.4, 0.5) is 0 Å². The summed E-state index contributed by atoms with van der Waals surface area (Å²) in [5.74, 6) is 4.36. The molecule has 2 unspecified atom stereocenters. The Morgan fingerprint density at radius 3 is 2.24 bits per heavy atom. The van der Waals surface area contributed by atoms with Gasteiger partial charge >= 0.3 is 5.97 Å². The van der Waals surface area contributed by atoms with Crippen molar-refractivity contribution in [3.05, 3.63) is 11.6 Å². The molecule has 0 spiro atoms. The quantitative estimate of drug-likeness (QED) is 0.714. The zero-order valence-corrected chi connectivity index (χ0v) is 13.0. The number of ether oxygens (including phenoxy) is 1. The molecule has 0 aliphatic heterocycles. The summed E-state index contributed by atoms with van der Waals surface area (Å²) in [6.45, 7) is 2.26. The fourth-order valence-corrected chi connectivity index (χ4v) is 6.62. The van der Waals surface area contributed by atoms with E-state index in [4.69, 9.17) is 4.74 Å². The molecule has 0 saturated heterocycles. The fraction of sp³-hybridized carbons (Fsp3) is 0.842. The van der Waals surface area contributed by atoms with Crippen LogP contribution < -0.4 is 0 Å². The van der Waals surface area contributed by atoms with E-state index in [1.807, 2.05) is 0 Å².